The van der Waals surface area contributed by atoms with E-state index in [0.717, 1.165) is 15.9 Å². The maximum absolute atomic E-state index is 11.7. The molecule has 98 valence electrons. The Hall–Kier alpha value is -1.88. The van der Waals surface area contributed by atoms with Gasteiger partial charge in [0.25, 0.3) is 0 Å². The van der Waals surface area contributed by atoms with Crippen molar-refractivity contribution in [2.75, 3.05) is 5.32 Å². The van der Waals surface area contributed by atoms with Crippen molar-refractivity contribution in [2.24, 2.45) is 0 Å². The molecule has 0 radical (unpaired) electrons. The molecule has 1 N–H and O–H groups in total. The highest BCUT2D eigenvalue weighted by Crippen LogP contribution is 2.16. The second-order valence-corrected chi connectivity index (χ2v) is 4.77. The lowest BCUT2D eigenvalue weighted by Crippen LogP contribution is -2.14. The predicted octanol–water partition coefficient (Wildman–Crippen LogP) is 3.90. The SMILES string of the molecule is Cc1nc(Br)ccc1NC(=O)OCc1ccccc1. The Kier molecular flexibility index (Phi) is 4.52. The quantitative estimate of drug-likeness (QED) is 0.872. The summed E-state index contributed by atoms with van der Waals surface area (Å²) in [6.07, 6.45) is -0.490. The molecule has 0 atom stereocenters. The van der Waals surface area contributed by atoms with Gasteiger partial charge in [-0.2, -0.15) is 0 Å². The van der Waals surface area contributed by atoms with Gasteiger partial charge in [0.2, 0.25) is 0 Å². The summed E-state index contributed by atoms with van der Waals surface area (Å²) in [6.45, 7) is 2.06. The molecule has 1 aromatic heterocycles. The van der Waals surface area contributed by atoms with E-state index < -0.39 is 6.09 Å². The van der Waals surface area contributed by atoms with E-state index in [2.05, 4.69) is 26.2 Å². The van der Waals surface area contributed by atoms with E-state index in [4.69, 9.17) is 4.74 Å². The molecule has 19 heavy (non-hydrogen) atoms. The van der Waals surface area contributed by atoms with Crippen LogP contribution in [-0.4, -0.2) is 11.1 Å². The molecule has 0 aliphatic rings. The molecule has 1 aromatic carbocycles. The molecule has 0 aliphatic carbocycles. The van der Waals surface area contributed by atoms with Crippen molar-refractivity contribution < 1.29 is 9.53 Å². The molecule has 1 amide bonds. The number of rotatable bonds is 3. The molecule has 0 saturated carbocycles. The molecule has 2 rings (SSSR count). The lowest BCUT2D eigenvalue weighted by Gasteiger charge is -2.09. The number of aromatic nitrogens is 1. The Morgan fingerprint density at radius 3 is 2.68 bits per heavy atom. The van der Waals surface area contributed by atoms with Crippen LogP contribution in [0.1, 0.15) is 11.3 Å². The van der Waals surface area contributed by atoms with Crippen molar-refractivity contribution in [3.8, 4) is 0 Å². The number of anilines is 1. The molecule has 4 nitrogen and oxygen atoms in total. The van der Waals surface area contributed by atoms with Crippen molar-refractivity contribution in [3.05, 3.63) is 58.3 Å². The minimum atomic E-state index is -0.490. The van der Waals surface area contributed by atoms with Gasteiger partial charge in [0.15, 0.2) is 0 Å². The first-order valence-corrected chi connectivity index (χ1v) is 6.55. The lowest BCUT2D eigenvalue weighted by molar-refractivity contribution is 0.155. The van der Waals surface area contributed by atoms with Gasteiger partial charge in [0.1, 0.15) is 11.2 Å². The lowest BCUT2D eigenvalue weighted by atomic mass is 10.2. The normalized spacial score (nSPS) is 10.0. The van der Waals surface area contributed by atoms with Gasteiger partial charge >= 0.3 is 6.09 Å². The highest BCUT2D eigenvalue weighted by atomic mass is 79.9. The number of hydrogen-bond acceptors (Lipinski definition) is 3. The number of carbonyl (C=O) groups excluding carboxylic acids is 1. The largest absolute Gasteiger partial charge is 0.444 e. The molecular formula is C14H13BrN2O2. The van der Waals surface area contributed by atoms with Crippen molar-refractivity contribution in [1.82, 2.24) is 4.98 Å². The third kappa shape index (κ3) is 4.06. The molecule has 0 saturated heterocycles. The van der Waals surface area contributed by atoms with Crippen LogP contribution in [0.5, 0.6) is 0 Å². The smallest absolute Gasteiger partial charge is 0.412 e. The minimum Gasteiger partial charge on any atom is -0.444 e. The van der Waals surface area contributed by atoms with Gasteiger partial charge in [-0.05, 0) is 40.5 Å². The number of halogens is 1. The topological polar surface area (TPSA) is 51.2 Å². The van der Waals surface area contributed by atoms with E-state index in [1.165, 1.54) is 0 Å². The van der Waals surface area contributed by atoms with Crippen LogP contribution in [0.25, 0.3) is 0 Å². The molecule has 1 heterocycles. The van der Waals surface area contributed by atoms with Crippen LogP contribution in [-0.2, 0) is 11.3 Å². The summed E-state index contributed by atoms with van der Waals surface area (Å²) in [6, 6.07) is 13.1. The van der Waals surface area contributed by atoms with E-state index in [1.54, 1.807) is 12.1 Å². The van der Waals surface area contributed by atoms with E-state index in [-0.39, 0.29) is 6.61 Å². The van der Waals surface area contributed by atoms with Crippen LogP contribution < -0.4 is 5.32 Å². The zero-order chi connectivity index (χ0) is 13.7. The number of nitrogens with zero attached hydrogens (tertiary/aromatic N) is 1. The molecule has 5 heteroatoms. The van der Waals surface area contributed by atoms with Crippen LogP contribution in [0.2, 0.25) is 0 Å². The van der Waals surface area contributed by atoms with Gasteiger partial charge < -0.3 is 4.74 Å². The average molecular weight is 321 g/mol. The zero-order valence-electron chi connectivity index (χ0n) is 10.4. The number of amides is 1. The van der Waals surface area contributed by atoms with Gasteiger partial charge in [-0.3, -0.25) is 5.32 Å². The fourth-order valence-electron chi connectivity index (χ4n) is 1.53. The van der Waals surface area contributed by atoms with Crippen LogP contribution >= 0.6 is 15.9 Å². The summed E-state index contributed by atoms with van der Waals surface area (Å²) < 4.78 is 5.86. The van der Waals surface area contributed by atoms with Gasteiger partial charge in [-0.25, -0.2) is 9.78 Å². The maximum Gasteiger partial charge on any atom is 0.412 e. The standard InChI is InChI=1S/C14H13BrN2O2/c1-10-12(7-8-13(15)16-10)17-14(18)19-9-11-5-3-2-4-6-11/h2-8H,9H2,1H3,(H,17,18). The molecular weight excluding hydrogens is 308 g/mol. The van der Waals surface area contributed by atoms with E-state index in [1.807, 2.05) is 37.3 Å². The first-order valence-electron chi connectivity index (χ1n) is 5.76. The first-order chi connectivity index (χ1) is 9.15. The number of nitrogens with one attached hydrogen (secondary N) is 1. The Morgan fingerprint density at radius 1 is 1.26 bits per heavy atom. The molecule has 0 bridgehead atoms. The zero-order valence-corrected chi connectivity index (χ0v) is 12.0. The number of aryl methyl sites for hydroxylation is 1. The summed E-state index contributed by atoms with van der Waals surface area (Å²) in [4.78, 5) is 15.8. The third-order valence-electron chi connectivity index (χ3n) is 2.50. The maximum atomic E-state index is 11.7. The summed E-state index contributed by atoms with van der Waals surface area (Å²) >= 11 is 3.27. The summed E-state index contributed by atoms with van der Waals surface area (Å²) in [5, 5.41) is 2.66. The first kappa shape index (κ1) is 13.5. The van der Waals surface area contributed by atoms with Crippen molar-refractivity contribution in [3.63, 3.8) is 0 Å². The number of ether oxygens (including phenoxy) is 1. The van der Waals surface area contributed by atoms with Crippen LogP contribution in [0.4, 0.5) is 10.5 Å². The highest BCUT2D eigenvalue weighted by molar-refractivity contribution is 9.10. The molecule has 0 unspecified atom stereocenters. The van der Waals surface area contributed by atoms with E-state index >= 15 is 0 Å². The third-order valence-corrected chi connectivity index (χ3v) is 2.94. The summed E-state index contributed by atoms with van der Waals surface area (Å²) in [5.41, 5.74) is 2.32. The number of carbonyl (C=O) groups is 1. The van der Waals surface area contributed by atoms with Gasteiger partial charge in [-0.15, -0.1) is 0 Å². The summed E-state index contributed by atoms with van der Waals surface area (Å²) in [5.74, 6) is 0. The predicted molar refractivity (Wildman–Crippen MR) is 76.9 cm³/mol. The van der Waals surface area contributed by atoms with Crippen LogP contribution in [0.3, 0.4) is 0 Å². The van der Waals surface area contributed by atoms with Gasteiger partial charge in [-0.1, -0.05) is 30.3 Å². The molecule has 0 aliphatic heterocycles. The number of benzene rings is 1. The molecule has 0 spiro atoms. The Bertz CT molecular complexity index is 573. The van der Waals surface area contributed by atoms with E-state index in [9.17, 15) is 4.79 Å². The highest BCUT2D eigenvalue weighted by Gasteiger charge is 2.06. The second kappa shape index (κ2) is 6.33. The fourth-order valence-corrected chi connectivity index (χ4v) is 1.93. The summed E-state index contributed by atoms with van der Waals surface area (Å²) in [7, 11) is 0. The minimum absolute atomic E-state index is 0.246. The van der Waals surface area contributed by atoms with E-state index in [0.29, 0.717) is 5.69 Å². The van der Waals surface area contributed by atoms with Crippen molar-refractivity contribution >= 4 is 27.7 Å². The Labute approximate surface area is 119 Å². The monoisotopic (exact) mass is 320 g/mol. The van der Waals surface area contributed by atoms with Gasteiger partial charge in [0.05, 0.1) is 11.4 Å². The van der Waals surface area contributed by atoms with Gasteiger partial charge in [0, 0.05) is 0 Å². The van der Waals surface area contributed by atoms with Crippen molar-refractivity contribution in [2.45, 2.75) is 13.5 Å². The average Bonchev–Trinajstić information content (AvgIpc) is 2.41. The molecule has 0 fully saturated rings. The Morgan fingerprint density at radius 2 is 2.00 bits per heavy atom. The van der Waals surface area contributed by atoms with Crippen LogP contribution in [0, 0.1) is 6.92 Å². The number of hydrogen-bond donors (Lipinski definition) is 1. The fraction of sp³-hybridized carbons (Fsp3) is 0.143. The second-order valence-electron chi connectivity index (χ2n) is 3.95. The molecule has 2 aromatic rings. The van der Waals surface area contributed by atoms with Crippen molar-refractivity contribution in [1.29, 1.82) is 0 Å². The number of pyridine rings is 1. The Balaban J connectivity index is 1.91. The van der Waals surface area contributed by atoms with Crippen LogP contribution in [0.15, 0.2) is 47.1 Å².